The molecule has 1 aromatic heterocycles. The number of furan rings is 1. The highest BCUT2D eigenvalue weighted by Gasteiger charge is 2.16. The van der Waals surface area contributed by atoms with Crippen LogP contribution in [0.3, 0.4) is 0 Å². The number of anilines is 1. The summed E-state index contributed by atoms with van der Waals surface area (Å²) in [6.45, 7) is -2.81. The number of halogens is 2. The highest BCUT2D eigenvalue weighted by molar-refractivity contribution is 6.03. The monoisotopic (exact) mass is 399 g/mol. The maximum Gasteiger partial charge on any atom is 0.387 e. The number of para-hydroxylation sites is 2. The lowest BCUT2D eigenvalue weighted by Gasteiger charge is -2.10. The molecule has 0 bridgehead atoms. The zero-order chi connectivity index (χ0) is 20.2. The molecule has 0 saturated carbocycles. The molecule has 1 amide bonds. The molecule has 7 heteroatoms. The Morgan fingerprint density at radius 3 is 2.76 bits per heavy atom. The summed E-state index contributed by atoms with van der Waals surface area (Å²) in [7, 11) is 0. The molecule has 29 heavy (non-hydrogen) atoms. The number of hydrogen-bond acceptors (Lipinski definition) is 4. The molecule has 3 aromatic rings. The van der Waals surface area contributed by atoms with Crippen molar-refractivity contribution in [3.8, 4) is 11.5 Å². The van der Waals surface area contributed by atoms with Gasteiger partial charge in [0.2, 0.25) is 0 Å². The minimum atomic E-state index is -2.99. The average Bonchev–Trinajstić information content (AvgIpc) is 3.36. The summed E-state index contributed by atoms with van der Waals surface area (Å²) in [5.41, 5.74) is 2.81. The van der Waals surface area contributed by atoms with E-state index < -0.39 is 12.5 Å². The Hall–Kier alpha value is -3.35. The fraction of sp³-hybridized carbons (Fsp3) is 0.227. The van der Waals surface area contributed by atoms with E-state index in [-0.39, 0.29) is 23.8 Å². The summed E-state index contributed by atoms with van der Waals surface area (Å²) in [6, 6.07) is 15.2. The first-order chi connectivity index (χ1) is 14.1. The van der Waals surface area contributed by atoms with Crippen LogP contribution in [-0.2, 0) is 19.4 Å². The van der Waals surface area contributed by atoms with Gasteiger partial charge in [0, 0.05) is 0 Å². The van der Waals surface area contributed by atoms with E-state index in [1.807, 2.05) is 12.1 Å². The van der Waals surface area contributed by atoms with Gasteiger partial charge in [0.1, 0.15) is 23.9 Å². The molecule has 0 radical (unpaired) electrons. The third kappa shape index (κ3) is 4.56. The number of ether oxygens (including phenoxy) is 2. The number of fused-ring (bicyclic) bond motifs is 1. The van der Waals surface area contributed by atoms with E-state index >= 15 is 0 Å². The second kappa shape index (κ2) is 8.34. The Bertz CT molecular complexity index is 1020. The van der Waals surface area contributed by atoms with Gasteiger partial charge in [0.25, 0.3) is 5.91 Å². The van der Waals surface area contributed by atoms with E-state index in [1.165, 1.54) is 41.8 Å². The lowest BCUT2D eigenvalue weighted by atomic mass is 10.1. The SMILES string of the molecule is O=C(Nc1ccccc1OC(F)F)c1ccc(COc2ccc3c(c2)CCC3)o1. The van der Waals surface area contributed by atoms with Crippen LogP contribution < -0.4 is 14.8 Å². The van der Waals surface area contributed by atoms with E-state index in [4.69, 9.17) is 9.15 Å². The van der Waals surface area contributed by atoms with E-state index in [1.54, 1.807) is 12.1 Å². The van der Waals surface area contributed by atoms with Crippen LogP contribution in [0.5, 0.6) is 11.5 Å². The first-order valence-electron chi connectivity index (χ1n) is 9.27. The number of hydrogen-bond donors (Lipinski definition) is 1. The molecule has 2 aromatic carbocycles. The zero-order valence-electron chi connectivity index (χ0n) is 15.5. The Balaban J connectivity index is 1.38. The maximum absolute atomic E-state index is 12.5. The molecular formula is C22H19F2NO4. The van der Waals surface area contributed by atoms with Gasteiger partial charge in [-0.05, 0) is 66.8 Å². The molecule has 150 valence electrons. The van der Waals surface area contributed by atoms with Gasteiger partial charge in [0.05, 0.1) is 5.69 Å². The minimum absolute atomic E-state index is 0.0457. The van der Waals surface area contributed by atoms with Crippen molar-refractivity contribution in [3.05, 3.63) is 77.2 Å². The van der Waals surface area contributed by atoms with Crippen LogP contribution in [0.15, 0.2) is 59.0 Å². The molecule has 0 aliphatic heterocycles. The van der Waals surface area contributed by atoms with Gasteiger partial charge in [-0.25, -0.2) is 0 Å². The Morgan fingerprint density at radius 2 is 1.90 bits per heavy atom. The van der Waals surface area contributed by atoms with Crippen molar-refractivity contribution in [2.24, 2.45) is 0 Å². The highest BCUT2D eigenvalue weighted by Crippen LogP contribution is 2.28. The van der Waals surface area contributed by atoms with Crippen molar-refractivity contribution < 1.29 is 27.5 Å². The molecule has 0 fully saturated rings. The molecule has 0 saturated heterocycles. The predicted molar refractivity (Wildman–Crippen MR) is 103 cm³/mol. The smallest absolute Gasteiger partial charge is 0.387 e. The summed E-state index contributed by atoms with van der Waals surface area (Å²) in [6.07, 6.45) is 3.34. The number of benzene rings is 2. The zero-order valence-corrected chi connectivity index (χ0v) is 15.5. The van der Waals surface area contributed by atoms with Crippen molar-refractivity contribution in [2.45, 2.75) is 32.5 Å². The molecular weight excluding hydrogens is 380 g/mol. The van der Waals surface area contributed by atoms with Crippen LogP contribution in [0.4, 0.5) is 14.5 Å². The van der Waals surface area contributed by atoms with Crippen LogP contribution >= 0.6 is 0 Å². The summed E-state index contributed by atoms with van der Waals surface area (Å²) in [5.74, 6) is 0.588. The number of nitrogens with one attached hydrogen (secondary N) is 1. The molecule has 0 spiro atoms. The Morgan fingerprint density at radius 1 is 1.07 bits per heavy atom. The standard InChI is InChI=1S/C22H19F2NO4/c23-22(24)29-19-7-2-1-6-18(19)25-21(26)20-11-10-17(28-20)13-27-16-9-8-14-4-3-5-15(14)12-16/h1-2,6-12,22H,3-5,13H2,(H,25,26). The first-order valence-corrected chi connectivity index (χ1v) is 9.27. The quantitative estimate of drug-likeness (QED) is 0.593. The highest BCUT2D eigenvalue weighted by atomic mass is 19.3. The van der Waals surface area contributed by atoms with Crippen molar-refractivity contribution in [1.29, 1.82) is 0 Å². The predicted octanol–water partition coefficient (Wildman–Crippen LogP) is 5.20. The van der Waals surface area contributed by atoms with E-state index in [0.29, 0.717) is 5.76 Å². The summed E-state index contributed by atoms with van der Waals surface area (Å²) in [5, 5.41) is 2.52. The summed E-state index contributed by atoms with van der Waals surface area (Å²) in [4.78, 5) is 12.4. The number of carbonyl (C=O) groups excluding carboxylic acids is 1. The van der Waals surface area contributed by atoms with Crippen LogP contribution in [0.25, 0.3) is 0 Å². The first kappa shape index (κ1) is 19.0. The fourth-order valence-electron chi connectivity index (χ4n) is 3.32. The Kier molecular flexibility index (Phi) is 5.46. The molecule has 1 N–H and O–H groups in total. The minimum Gasteiger partial charge on any atom is -0.486 e. The third-order valence-electron chi connectivity index (χ3n) is 4.69. The Labute approximate surface area is 166 Å². The van der Waals surface area contributed by atoms with Gasteiger partial charge in [-0.3, -0.25) is 4.79 Å². The number of rotatable bonds is 7. The molecule has 1 aliphatic carbocycles. The van der Waals surface area contributed by atoms with Crippen molar-refractivity contribution >= 4 is 11.6 Å². The van der Waals surface area contributed by atoms with E-state index in [0.717, 1.165) is 18.6 Å². The van der Waals surface area contributed by atoms with Crippen LogP contribution in [0, 0.1) is 0 Å². The van der Waals surface area contributed by atoms with E-state index in [9.17, 15) is 13.6 Å². The number of alkyl halides is 2. The molecule has 4 rings (SSSR count). The summed E-state index contributed by atoms with van der Waals surface area (Å²) < 4.78 is 40.7. The fourth-order valence-corrected chi connectivity index (χ4v) is 3.32. The summed E-state index contributed by atoms with van der Waals surface area (Å²) >= 11 is 0. The molecule has 0 unspecified atom stereocenters. The maximum atomic E-state index is 12.5. The molecule has 1 aliphatic rings. The normalized spacial score (nSPS) is 12.7. The number of aryl methyl sites for hydroxylation is 2. The van der Waals surface area contributed by atoms with Crippen molar-refractivity contribution in [2.75, 3.05) is 5.32 Å². The number of amides is 1. The molecule has 0 atom stereocenters. The molecule has 5 nitrogen and oxygen atoms in total. The lowest BCUT2D eigenvalue weighted by Crippen LogP contribution is -2.13. The third-order valence-corrected chi connectivity index (χ3v) is 4.69. The average molecular weight is 399 g/mol. The second-order valence-electron chi connectivity index (χ2n) is 6.67. The molecule has 1 heterocycles. The van der Waals surface area contributed by atoms with E-state index in [2.05, 4.69) is 16.1 Å². The van der Waals surface area contributed by atoms with Crippen molar-refractivity contribution in [3.63, 3.8) is 0 Å². The van der Waals surface area contributed by atoms with Crippen LogP contribution in [0.1, 0.15) is 33.9 Å². The van der Waals surface area contributed by atoms with Crippen LogP contribution in [-0.4, -0.2) is 12.5 Å². The number of carbonyl (C=O) groups is 1. The lowest BCUT2D eigenvalue weighted by molar-refractivity contribution is -0.0493. The van der Waals surface area contributed by atoms with Gasteiger partial charge in [-0.2, -0.15) is 8.78 Å². The largest absolute Gasteiger partial charge is 0.486 e. The topological polar surface area (TPSA) is 60.7 Å². The van der Waals surface area contributed by atoms with Crippen LogP contribution in [0.2, 0.25) is 0 Å². The van der Waals surface area contributed by atoms with Gasteiger partial charge in [-0.1, -0.05) is 18.2 Å². The van der Waals surface area contributed by atoms with Crippen molar-refractivity contribution in [1.82, 2.24) is 0 Å². The van der Waals surface area contributed by atoms with Gasteiger partial charge in [-0.15, -0.1) is 0 Å². The van der Waals surface area contributed by atoms with Gasteiger partial charge in [0.15, 0.2) is 5.76 Å². The van der Waals surface area contributed by atoms with Gasteiger partial charge < -0.3 is 19.2 Å². The van der Waals surface area contributed by atoms with Gasteiger partial charge >= 0.3 is 6.61 Å². The second-order valence-corrected chi connectivity index (χ2v) is 6.67.